The van der Waals surface area contributed by atoms with Crippen LogP contribution < -0.4 is 5.73 Å². The van der Waals surface area contributed by atoms with E-state index in [9.17, 15) is 4.79 Å². The fourth-order valence-corrected chi connectivity index (χ4v) is 2.68. The molecule has 0 heterocycles. The van der Waals surface area contributed by atoms with Crippen LogP contribution in [0, 0.1) is 6.92 Å². The van der Waals surface area contributed by atoms with Gasteiger partial charge in [0.2, 0.25) is 0 Å². The van der Waals surface area contributed by atoms with Crippen molar-refractivity contribution in [2.45, 2.75) is 33.4 Å². The van der Waals surface area contributed by atoms with Gasteiger partial charge in [0, 0.05) is 12.2 Å². The molecule has 0 aromatic heterocycles. The summed E-state index contributed by atoms with van der Waals surface area (Å²) in [6.07, 6.45) is 0. The predicted octanol–water partition coefficient (Wildman–Crippen LogP) is 3.64. The van der Waals surface area contributed by atoms with Crippen molar-refractivity contribution in [3.8, 4) is 0 Å². The molecule has 0 radical (unpaired) electrons. The van der Waals surface area contributed by atoms with E-state index in [-0.39, 0.29) is 11.9 Å². The summed E-state index contributed by atoms with van der Waals surface area (Å²) in [7, 11) is 0. The number of carbonyl (C=O) groups excluding carboxylic acids is 1. The van der Waals surface area contributed by atoms with E-state index in [1.165, 1.54) is 0 Å². The number of nitrogens with zero attached hydrogens (tertiary/aromatic N) is 1. The number of nitrogen functional groups attached to an aromatic ring is 1. The van der Waals surface area contributed by atoms with E-state index in [4.69, 9.17) is 10.5 Å². The Hall–Kier alpha value is -2.33. The molecule has 128 valence electrons. The quantitative estimate of drug-likeness (QED) is 0.790. The van der Waals surface area contributed by atoms with Gasteiger partial charge in [-0.1, -0.05) is 42.0 Å². The number of carbonyl (C=O) groups is 1. The number of hydrogen-bond donors (Lipinski definition) is 1. The average molecular weight is 326 g/mol. The zero-order valence-corrected chi connectivity index (χ0v) is 14.7. The minimum absolute atomic E-state index is 0.0221. The molecule has 2 aromatic carbocycles. The number of rotatable bonds is 7. The lowest BCUT2D eigenvalue weighted by molar-refractivity contribution is 0.0441. The van der Waals surface area contributed by atoms with Gasteiger partial charge in [-0.3, -0.25) is 4.79 Å². The third-order valence-corrected chi connectivity index (χ3v) is 4.04. The Morgan fingerprint density at radius 3 is 2.58 bits per heavy atom. The summed E-state index contributed by atoms with van der Waals surface area (Å²) in [6.45, 7) is 7.57. The van der Waals surface area contributed by atoms with Crippen molar-refractivity contribution in [2.75, 3.05) is 18.9 Å². The van der Waals surface area contributed by atoms with Crippen LogP contribution in [-0.4, -0.2) is 30.0 Å². The second-order valence-corrected chi connectivity index (χ2v) is 6.03. The van der Waals surface area contributed by atoms with Gasteiger partial charge in [-0.25, -0.2) is 0 Å². The summed E-state index contributed by atoms with van der Waals surface area (Å²) in [6, 6.07) is 15.5. The highest BCUT2D eigenvalue weighted by Crippen LogP contribution is 2.18. The second-order valence-electron chi connectivity index (χ2n) is 6.03. The minimum Gasteiger partial charge on any atom is -0.398 e. The largest absolute Gasteiger partial charge is 0.398 e. The minimum atomic E-state index is -0.0467. The first kappa shape index (κ1) is 18.0. The number of nitrogens with two attached hydrogens (primary N) is 1. The highest BCUT2D eigenvalue weighted by atomic mass is 16.5. The monoisotopic (exact) mass is 326 g/mol. The van der Waals surface area contributed by atoms with Crippen molar-refractivity contribution in [3.05, 3.63) is 65.2 Å². The van der Waals surface area contributed by atoms with E-state index in [1.54, 1.807) is 11.0 Å². The van der Waals surface area contributed by atoms with E-state index in [0.717, 1.165) is 11.1 Å². The first-order valence-corrected chi connectivity index (χ1v) is 8.31. The van der Waals surface area contributed by atoms with Gasteiger partial charge in [0.05, 0.1) is 24.8 Å². The number of hydrogen-bond acceptors (Lipinski definition) is 3. The van der Waals surface area contributed by atoms with Gasteiger partial charge < -0.3 is 15.4 Å². The number of benzene rings is 2. The van der Waals surface area contributed by atoms with E-state index in [0.29, 0.717) is 31.0 Å². The lowest BCUT2D eigenvalue weighted by Gasteiger charge is -2.28. The number of aryl methyl sites for hydroxylation is 1. The van der Waals surface area contributed by atoms with Crippen LogP contribution in [-0.2, 0) is 11.3 Å². The highest BCUT2D eigenvalue weighted by molar-refractivity contribution is 5.99. The molecule has 0 aliphatic carbocycles. The Labute approximate surface area is 144 Å². The maximum atomic E-state index is 12.8. The fraction of sp³-hybridized carbons (Fsp3) is 0.350. The third-order valence-electron chi connectivity index (χ3n) is 4.04. The van der Waals surface area contributed by atoms with E-state index < -0.39 is 0 Å². The summed E-state index contributed by atoms with van der Waals surface area (Å²) >= 11 is 0. The Morgan fingerprint density at radius 2 is 1.92 bits per heavy atom. The fourth-order valence-electron chi connectivity index (χ4n) is 2.68. The molecule has 0 spiro atoms. The van der Waals surface area contributed by atoms with E-state index in [2.05, 4.69) is 0 Å². The lowest BCUT2D eigenvalue weighted by atomic mass is 10.1. The smallest absolute Gasteiger partial charge is 0.256 e. The molecule has 0 aliphatic rings. The van der Waals surface area contributed by atoms with Gasteiger partial charge in [-0.2, -0.15) is 0 Å². The molecule has 0 fully saturated rings. The molecule has 4 nitrogen and oxygen atoms in total. The molecule has 1 amide bonds. The Balaban J connectivity index is 1.98. The summed E-state index contributed by atoms with van der Waals surface area (Å²) in [5, 5.41) is 0. The molecule has 0 saturated heterocycles. The molecule has 2 aromatic rings. The summed E-state index contributed by atoms with van der Waals surface area (Å²) < 4.78 is 5.78. The Bertz CT molecular complexity index is 671. The molecule has 2 N–H and O–H groups in total. The summed E-state index contributed by atoms with van der Waals surface area (Å²) in [5.74, 6) is -0.0467. The Morgan fingerprint density at radius 1 is 1.21 bits per heavy atom. The summed E-state index contributed by atoms with van der Waals surface area (Å²) in [4.78, 5) is 14.6. The summed E-state index contributed by atoms with van der Waals surface area (Å²) in [5.41, 5.74) is 9.21. The van der Waals surface area contributed by atoms with E-state index >= 15 is 0 Å². The molecular weight excluding hydrogens is 300 g/mol. The van der Waals surface area contributed by atoms with Crippen molar-refractivity contribution < 1.29 is 9.53 Å². The SMILES string of the molecule is CCN(C(=O)c1cc(C)ccc1N)[C@@H](C)COCc1ccccc1. The zero-order chi connectivity index (χ0) is 17.5. The van der Waals surface area contributed by atoms with Crippen molar-refractivity contribution in [1.82, 2.24) is 4.90 Å². The Kier molecular flexibility index (Phi) is 6.38. The van der Waals surface area contributed by atoms with Crippen LogP contribution in [0.15, 0.2) is 48.5 Å². The van der Waals surface area contributed by atoms with Gasteiger partial charge >= 0.3 is 0 Å². The first-order valence-electron chi connectivity index (χ1n) is 8.31. The molecule has 0 bridgehead atoms. The topological polar surface area (TPSA) is 55.6 Å². The molecule has 2 rings (SSSR count). The lowest BCUT2D eigenvalue weighted by Crippen LogP contribution is -2.41. The van der Waals surface area contributed by atoms with E-state index in [1.807, 2.05) is 63.2 Å². The van der Waals surface area contributed by atoms with Gasteiger partial charge in [0.15, 0.2) is 0 Å². The van der Waals surface area contributed by atoms with Crippen LogP contribution in [0.5, 0.6) is 0 Å². The normalized spacial score (nSPS) is 12.0. The first-order chi connectivity index (χ1) is 11.5. The van der Waals surface area contributed by atoms with Gasteiger partial charge in [0.1, 0.15) is 0 Å². The van der Waals surface area contributed by atoms with Crippen LogP contribution in [0.1, 0.15) is 35.3 Å². The van der Waals surface area contributed by atoms with Gasteiger partial charge in [-0.05, 0) is 38.5 Å². The van der Waals surface area contributed by atoms with Crippen LogP contribution in [0.2, 0.25) is 0 Å². The third kappa shape index (κ3) is 4.59. The molecule has 4 heteroatoms. The average Bonchev–Trinajstić information content (AvgIpc) is 2.58. The van der Waals surface area contributed by atoms with Crippen molar-refractivity contribution in [1.29, 1.82) is 0 Å². The van der Waals surface area contributed by atoms with Crippen molar-refractivity contribution in [2.24, 2.45) is 0 Å². The number of likely N-dealkylation sites (N-methyl/N-ethyl adjacent to an activating group) is 1. The molecule has 0 unspecified atom stereocenters. The van der Waals surface area contributed by atoms with Crippen LogP contribution in [0.25, 0.3) is 0 Å². The van der Waals surface area contributed by atoms with Gasteiger partial charge in [-0.15, -0.1) is 0 Å². The van der Waals surface area contributed by atoms with Crippen LogP contribution in [0.3, 0.4) is 0 Å². The number of amides is 1. The van der Waals surface area contributed by atoms with Crippen molar-refractivity contribution >= 4 is 11.6 Å². The predicted molar refractivity (Wildman–Crippen MR) is 97.9 cm³/mol. The zero-order valence-electron chi connectivity index (χ0n) is 14.7. The number of ether oxygens (including phenoxy) is 1. The maximum Gasteiger partial charge on any atom is 0.256 e. The second kappa shape index (κ2) is 8.50. The standard InChI is InChI=1S/C20H26N2O2/c1-4-22(20(23)18-12-15(2)10-11-19(18)21)16(3)13-24-14-17-8-6-5-7-9-17/h5-12,16H,4,13-14,21H2,1-3H3/t16-/m0/s1. The number of anilines is 1. The molecular formula is C20H26N2O2. The van der Waals surface area contributed by atoms with Crippen LogP contribution in [0.4, 0.5) is 5.69 Å². The van der Waals surface area contributed by atoms with Crippen LogP contribution >= 0.6 is 0 Å². The maximum absolute atomic E-state index is 12.8. The molecule has 0 saturated carbocycles. The molecule has 0 aliphatic heterocycles. The molecule has 24 heavy (non-hydrogen) atoms. The highest BCUT2D eigenvalue weighted by Gasteiger charge is 2.22. The van der Waals surface area contributed by atoms with Gasteiger partial charge in [0.25, 0.3) is 5.91 Å². The van der Waals surface area contributed by atoms with Crippen molar-refractivity contribution in [3.63, 3.8) is 0 Å². The molecule has 1 atom stereocenters.